The fourth-order valence-corrected chi connectivity index (χ4v) is 11.5. The van der Waals surface area contributed by atoms with E-state index in [2.05, 4.69) is 251 Å². The SMILES string of the molecule is [2H]c1c([2H])c([2H])c(-c2cccc(-c3cc(C(C)(C)C)cc(C(C)(C)C)c3)c2-[n+]2cn(-c3cc(Oc4ccc5c(c4)n(-c4cccc(C(C)(C)C)c4)c4c6ccccc6n(-c6ccccc6)c54)cc(-c4ccccc4)c3)c3ccccc32)c([2H])c1[2H]. The van der Waals surface area contributed by atoms with Gasteiger partial charge < -0.3 is 13.9 Å². The molecule has 0 unspecified atom stereocenters. The first-order valence-electron chi connectivity index (χ1n) is 30.2. The Balaban J connectivity index is 1.04. The van der Waals surface area contributed by atoms with E-state index in [1.54, 1.807) is 0 Å². The van der Waals surface area contributed by atoms with Gasteiger partial charge in [-0.25, -0.2) is 0 Å². The van der Waals surface area contributed by atoms with Crippen LogP contribution >= 0.6 is 0 Å². The van der Waals surface area contributed by atoms with Gasteiger partial charge in [0.25, 0.3) is 6.33 Å². The molecule has 0 fully saturated rings. The average molecular weight is 1050 g/mol. The Morgan fingerprint density at radius 2 is 0.975 bits per heavy atom. The summed E-state index contributed by atoms with van der Waals surface area (Å²) in [7, 11) is 0. The summed E-state index contributed by atoms with van der Waals surface area (Å²) in [6, 6.07) is 70.5. The van der Waals surface area contributed by atoms with Crippen molar-refractivity contribution < 1.29 is 16.2 Å². The van der Waals surface area contributed by atoms with Crippen LogP contribution in [0.3, 0.4) is 0 Å². The fourth-order valence-electron chi connectivity index (χ4n) is 11.5. The van der Waals surface area contributed by atoms with Crippen molar-refractivity contribution >= 4 is 43.9 Å². The lowest BCUT2D eigenvalue weighted by Gasteiger charge is -2.26. The van der Waals surface area contributed by atoms with Gasteiger partial charge in [0.15, 0.2) is 11.0 Å². The molecule has 5 heteroatoms. The molecule has 0 saturated carbocycles. The second-order valence-corrected chi connectivity index (χ2v) is 24.2. The van der Waals surface area contributed by atoms with Gasteiger partial charge in [-0.1, -0.05) is 220 Å². The smallest absolute Gasteiger partial charge is 0.255 e. The fraction of sp³-hybridized carbons (Fsp3) is 0.160. The molecule has 0 N–H and O–H groups in total. The number of hydrogen-bond donors (Lipinski definition) is 0. The number of fused-ring (bicyclic) bond motifs is 6. The van der Waals surface area contributed by atoms with Gasteiger partial charge in [0.1, 0.15) is 22.9 Å². The highest BCUT2D eigenvalue weighted by Gasteiger charge is 2.29. The molecule has 392 valence electrons. The Hall–Kier alpha value is -9.19. The maximum atomic E-state index is 9.39. The van der Waals surface area contributed by atoms with E-state index in [9.17, 15) is 2.74 Å². The summed E-state index contributed by atoms with van der Waals surface area (Å²) in [6.07, 6.45) is 2.07. The van der Waals surface area contributed by atoms with E-state index in [4.69, 9.17) is 8.85 Å². The third-order valence-corrected chi connectivity index (χ3v) is 15.7. The van der Waals surface area contributed by atoms with Crippen molar-refractivity contribution in [2.75, 3.05) is 0 Å². The lowest BCUT2D eigenvalue weighted by atomic mass is 9.78. The standard InChI is InChI=1S/C75H67N4O/c1-73(2,3)54-29-23-32-58(46-54)79-69-48-60(39-40-65(69)72-71(79)64-33-19-20-36-66(64)78(72)57-30-17-12-18-31-57)80-61-44-52(50-25-13-10-14-26-50)43-59(47-61)76-49-77(68-38-22-21-37-67(68)76)70-62(51-27-15-11-16-28-51)34-24-35-63(70)53-41-55(74(4,5)6)45-56(42-53)75(7,8)9/h10-49H,1-9H3/q+1/i11D,15D,16D,27D,28D. The number of benzene rings is 10. The minimum absolute atomic E-state index is 0.0829. The molecule has 0 aliphatic heterocycles. The number of para-hydroxylation sites is 5. The van der Waals surface area contributed by atoms with Crippen molar-refractivity contribution in [1.29, 1.82) is 0 Å². The van der Waals surface area contributed by atoms with E-state index >= 15 is 0 Å². The first kappa shape index (κ1) is 44.8. The Morgan fingerprint density at radius 3 is 1.68 bits per heavy atom. The van der Waals surface area contributed by atoms with Gasteiger partial charge in [-0.15, -0.1) is 0 Å². The van der Waals surface area contributed by atoms with E-state index in [0.717, 1.165) is 94.3 Å². The molecule has 3 heterocycles. The molecule has 5 nitrogen and oxygen atoms in total. The molecule has 0 spiro atoms. The normalized spacial score (nSPS) is 13.2. The van der Waals surface area contributed by atoms with Crippen LogP contribution in [0.1, 0.15) is 85.9 Å². The van der Waals surface area contributed by atoms with Gasteiger partial charge in [0.05, 0.1) is 28.9 Å². The number of rotatable bonds is 9. The highest BCUT2D eigenvalue weighted by Crippen LogP contribution is 2.44. The molecular weight excluding hydrogens is 973 g/mol. The molecule has 10 aromatic carbocycles. The van der Waals surface area contributed by atoms with Crippen LogP contribution in [0.5, 0.6) is 11.5 Å². The predicted octanol–water partition coefficient (Wildman–Crippen LogP) is 19.6. The Bertz CT molecular complexity index is 4740. The summed E-state index contributed by atoms with van der Waals surface area (Å²) in [4.78, 5) is 0. The van der Waals surface area contributed by atoms with Gasteiger partial charge in [-0.2, -0.15) is 9.13 Å². The van der Waals surface area contributed by atoms with Gasteiger partial charge in [-0.05, 0) is 122 Å². The maximum Gasteiger partial charge on any atom is 0.255 e. The van der Waals surface area contributed by atoms with Crippen LogP contribution in [0.25, 0.3) is 100 Å². The van der Waals surface area contributed by atoms with Crippen LogP contribution in [-0.4, -0.2) is 13.7 Å². The van der Waals surface area contributed by atoms with E-state index in [0.29, 0.717) is 22.7 Å². The molecule has 0 saturated heterocycles. The topological polar surface area (TPSA) is 27.9 Å². The van der Waals surface area contributed by atoms with Gasteiger partial charge in [0, 0.05) is 45.4 Å². The van der Waals surface area contributed by atoms with Crippen LogP contribution in [0.15, 0.2) is 243 Å². The molecule has 80 heavy (non-hydrogen) atoms. The maximum absolute atomic E-state index is 9.39. The minimum atomic E-state index is -0.436. The average Bonchev–Trinajstić information content (AvgIpc) is 1.64. The van der Waals surface area contributed by atoms with Crippen molar-refractivity contribution in [2.24, 2.45) is 0 Å². The largest absolute Gasteiger partial charge is 0.457 e. The molecule has 0 aliphatic carbocycles. The number of ether oxygens (including phenoxy) is 1. The summed E-state index contributed by atoms with van der Waals surface area (Å²) in [6.45, 7) is 20.1. The minimum Gasteiger partial charge on any atom is -0.457 e. The highest BCUT2D eigenvalue weighted by molar-refractivity contribution is 6.20. The van der Waals surface area contributed by atoms with Gasteiger partial charge in [-0.3, -0.25) is 0 Å². The molecule has 0 radical (unpaired) electrons. The summed E-state index contributed by atoms with van der Waals surface area (Å²) in [5.74, 6) is 1.30. The van der Waals surface area contributed by atoms with E-state index in [1.807, 2.05) is 42.5 Å². The Labute approximate surface area is 477 Å². The Morgan fingerprint density at radius 1 is 0.388 bits per heavy atom. The Kier molecular flexibility index (Phi) is 10.8. The number of imidazole rings is 1. The molecule has 0 aliphatic rings. The molecule has 0 bridgehead atoms. The lowest BCUT2D eigenvalue weighted by Crippen LogP contribution is -2.31. The van der Waals surface area contributed by atoms with E-state index in [1.165, 1.54) is 5.56 Å². The van der Waals surface area contributed by atoms with E-state index in [-0.39, 0.29) is 46.0 Å². The van der Waals surface area contributed by atoms with Crippen molar-refractivity contribution in [3.63, 3.8) is 0 Å². The van der Waals surface area contributed by atoms with Crippen LogP contribution in [0.2, 0.25) is 0 Å². The summed E-state index contributed by atoms with van der Waals surface area (Å²) in [5.41, 5.74) is 17.3. The van der Waals surface area contributed by atoms with Crippen LogP contribution in [-0.2, 0) is 16.2 Å². The van der Waals surface area contributed by atoms with Crippen LogP contribution < -0.4 is 9.30 Å². The molecule has 13 rings (SSSR count). The van der Waals surface area contributed by atoms with Crippen LogP contribution in [0.4, 0.5) is 0 Å². The molecular formula is C75H67N4O+. The monoisotopic (exact) mass is 1040 g/mol. The molecule has 0 amide bonds. The number of aromatic nitrogens is 4. The van der Waals surface area contributed by atoms with Crippen molar-refractivity contribution in [1.82, 2.24) is 13.7 Å². The van der Waals surface area contributed by atoms with Crippen molar-refractivity contribution in [3.05, 3.63) is 259 Å². The summed E-state index contributed by atoms with van der Waals surface area (Å²) in [5, 5.41) is 2.24. The molecule has 13 aromatic rings. The van der Waals surface area contributed by atoms with Crippen LogP contribution in [0, 0.1) is 0 Å². The lowest BCUT2D eigenvalue weighted by molar-refractivity contribution is -0.566. The second-order valence-electron chi connectivity index (χ2n) is 24.2. The third kappa shape index (κ3) is 8.97. The van der Waals surface area contributed by atoms with Crippen molar-refractivity contribution in [3.8, 4) is 67.6 Å². The molecule has 3 aromatic heterocycles. The van der Waals surface area contributed by atoms with E-state index < -0.39 is 6.04 Å². The number of hydrogen-bond acceptors (Lipinski definition) is 1. The zero-order valence-electron chi connectivity index (χ0n) is 51.9. The van der Waals surface area contributed by atoms with Gasteiger partial charge in [0.2, 0.25) is 0 Å². The van der Waals surface area contributed by atoms with Crippen molar-refractivity contribution in [2.45, 2.75) is 78.6 Å². The second kappa shape index (κ2) is 19.3. The zero-order chi connectivity index (χ0) is 59.4. The first-order chi connectivity index (χ1) is 40.6. The summed E-state index contributed by atoms with van der Waals surface area (Å²) < 4.78 is 61.4. The predicted molar refractivity (Wildman–Crippen MR) is 335 cm³/mol. The third-order valence-electron chi connectivity index (χ3n) is 15.7. The zero-order valence-corrected chi connectivity index (χ0v) is 46.9. The highest BCUT2D eigenvalue weighted by atomic mass is 16.5. The number of nitrogens with zero attached hydrogens (tertiary/aromatic N) is 4. The molecule has 0 atom stereocenters. The first-order valence-corrected chi connectivity index (χ1v) is 27.7. The quantitative estimate of drug-likeness (QED) is 0.132. The summed E-state index contributed by atoms with van der Waals surface area (Å²) >= 11 is 0. The van der Waals surface area contributed by atoms with Gasteiger partial charge >= 0.3 is 0 Å².